The van der Waals surface area contributed by atoms with Crippen LogP contribution in [-0.2, 0) is 20.7 Å². The van der Waals surface area contributed by atoms with Crippen LogP contribution in [0.3, 0.4) is 0 Å². The van der Waals surface area contributed by atoms with Gasteiger partial charge in [0.1, 0.15) is 28.4 Å². The number of Topliss-reactive ketones (excluding diaryl/α,β-unsaturated/α-hetero) is 2. The summed E-state index contributed by atoms with van der Waals surface area (Å²) in [4.78, 5) is 53.2. The van der Waals surface area contributed by atoms with Gasteiger partial charge in [-0.3, -0.25) is 24.6 Å². The highest BCUT2D eigenvalue weighted by Crippen LogP contribution is 2.53. The first kappa shape index (κ1) is 30.8. The predicted octanol–water partition coefficient (Wildman–Crippen LogP) is 3.13. The summed E-state index contributed by atoms with van der Waals surface area (Å²) in [5.74, 6) is -7.04. The fraction of sp³-hybridized carbons (Fsp3) is 0.375. The number of carbonyl (C=O) groups excluding carboxylic acids is 4. The third-order valence-electron chi connectivity index (χ3n) is 8.45. The van der Waals surface area contributed by atoms with Crippen LogP contribution in [0.25, 0.3) is 11.1 Å². The maximum absolute atomic E-state index is 13.9. The van der Waals surface area contributed by atoms with Crippen LogP contribution in [0.1, 0.15) is 43.1 Å². The number of allylic oxidation sites excluding steroid dienone is 1. The molecule has 7 N–H and O–H groups in total. The zero-order valence-electron chi connectivity index (χ0n) is 25.0. The molecular formula is C32H35N3O9. The lowest BCUT2D eigenvalue weighted by molar-refractivity contribution is -0.148. The van der Waals surface area contributed by atoms with Crippen molar-refractivity contribution in [1.82, 2.24) is 4.90 Å². The summed E-state index contributed by atoms with van der Waals surface area (Å²) >= 11 is 0. The Kier molecular flexibility index (Phi) is 7.34. The standard InChI is InChI=1S/C32H35N3O9/c1-31(2,3)44-30(42)34-16-8-6-14(7-9-16)17-10-11-20(36)22-18(17)12-15-13-19-24(35(4)5)26(38)23(29(33)41)28(40)32(19,43)27(39)21(15)25(22)37/h6-11,15,19,24,36,38-39,43H,12-13H2,1-5H3,(H2,33,41)(H,34,42)/t15-,19-,24+,32-/m0/s1. The van der Waals surface area contributed by atoms with Crippen LogP contribution < -0.4 is 11.1 Å². The number of aromatic hydroxyl groups is 1. The Bertz CT molecular complexity index is 1670. The van der Waals surface area contributed by atoms with Gasteiger partial charge in [-0.05, 0) is 88.5 Å². The lowest BCUT2D eigenvalue weighted by Gasteiger charge is -2.50. The third-order valence-corrected chi connectivity index (χ3v) is 8.45. The minimum absolute atomic E-state index is 0.0143. The lowest BCUT2D eigenvalue weighted by atomic mass is 9.58. The van der Waals surface area contributed by atoms with Gasteiger partial charge in [-0.1, -0.05) is 18.2 Å². The number of hydrogen-bond acceptors (Lipinski definition) is 10. The van der Waals surface area contributed by atoms with Gasteiger partial charge in [0.25, 0.3) is 5.91 Å². The van der Waals surface area contributed by atoms with Gasteiger partial charge in [0, 0.05) is 17.2 Å². The maximum Gasteiger partial charge on any atom is 0.412 e. The minimum atomic E-state index is -2.70. The second kappa shape index (κ2) is 10.5. The molecular weight excluding hydrogens is 570 g/mol. The summed E-state index contributed by atoms with van der Waals surface area (Å²) in [6, 6.07) is 8.74. The number of nitrogens with zero attached hydrogens (tertiary/aromatic N) is 1. The summed E-state index contributed by atoms with van der Waals surface area (Å²) in [5, 5.41) is 47.6. The fourth-order valence-corrected chi connectivity index (χ4v) is 6.68. The number of anilines is 1. The molecule has 5 rings (SSSR count). The molecule has 0 fully saturated rings. The van der Waals surface area contributed by atoms with Crippen molar-refractivity contribution in [3.63, 3.8) is 0 Å². The van der Waals surface area contributed by atoms with Crippen molar-refractivity contribution in [2.24, 2.45) is 17.6 Å². The second-order valence-electron chi connectivity index (χ2n) is 12.7. The topological polar surface area (TPSA) is 200 Å². The van der Waals surface area contributed by atoms with E-state index in [0.29, 0.717) is 22.4 Å². The third kappa shape index (κ3) is 4.80. The molecule has 0 unspecified atom stereocenters. The zero-order chi connectivity index (χ0) is 32.5. The number of ether oxygens (including phenoxy) is 1. The number of ketones is 2. The average molecular weight is 606 g/mol. The maximum atomic E-state index is 13.9. The van der Waals surface area contributed by atoms with Gasteiger partial charge in [-0.25, -0.2) is 4.79 Å². The quantitative estimate of drug-likeness (QED) is 0.281. The van der Waals surface area contributed by atoms with Crippen LogP contribution in [0.4, 0.5) is 10.5 Å². The number of amides is 2. The largest absolute Gasteiger partial charge is 0.510 e. The van der Waals surface area contributed by atoms with E-state index in [9.17, 15) is 39.6 Å². The Labute approximate surface area is 253 Å². The SMILES string of the molecule is CN(C)[C@H]1C(O)=C(C(N)=O)C(=O)[C@@]2(O)C(O)=C3C(=O)c4c(O)ccc(-c5ccc(NC(=O)OC(C)(C)C)cc5)c4C[C@H]3C[C@@H]12. The van der Waals surface area contributed by atoms with Crippen LogP contribution in [0, 0.1) is 11.8 Å². The first-order valence-electron chi connectivity index (χ1n) is 14.1. The van der Waals surface area contributed by atoms with Gasteiger partial charge in [-0.15, -0.1) is 0 Å². The second-order valence-corrected chi connectivity index (χ2v) is 12.7. The Hall–Kier alpha value is -4.68. The molecule has 4 atom stereocenters. The molecule has 3 aliphatic rings. The smallest absolute Gasteiger partial charge is 0.412 e. The molecule has 232 valence electrons. The first-order chi connectivity index (χ1) is 20.5. The highest BCUT2D eigenvalue weighted by Gasteiger charge is 2.63. The molecule has 0 aromatic heterocycles. The van der Waals surface area contributed by atoms with E-state index >= 15 is 0 Å². The lowest BCUT2D eigenvalue weighted by Crippen LogP contribution is -2.63. The van der Waals surface area contributed by atoms with Gasteiger partial charge in [-0.2, -0.15) is 0 Å². The van der Waals surface area contributed by atoms with Crippen molar-refractivity contribution in [3.8, 4) is 16.9 Å². The van der Waals surface area contributed by atoms with Crippen LogP contribution in [0.5, 0.6) is 5.75 Å². The summed E-state index contributed by atoms with van der Waals surface area (Å²) in [5.41, 5.74) is 3.12. The highest BCUT2D eigenvalue weighted by molar-refractivity contribution is 6.25. The predicted molar refractivity (Wildman–Crippen MR) is 159 cm³/mol. The fourth-order valence-electron chi connectivity index (χ4n) is 6.68. The molecule has 0 spiro atoms. The van der Waals surface area contributed by atoms with E-state index in [1.807, 2.05) is 0 Å². The number of hydrogen-bond donors (Lipinski definition) is 6. The number of fused-ring (bicyclic) bond motifs is 3. The van der Waals surface area contributed by atoms with E-state index in [1.165, 1.54) is 11.0 Å². The van der Waals surface area contributed by atoms with E-state index in [1.54, 1.807) is 65.2 Å². The van der Waals surface area contributed by atoms with Crippen LogP contribution in [0.2, 0.25) is 0 Å². The minimum Gasteiger partial charge on any atom is -0.510 e. The van der Waals surface area contributed by atoms with E-state index in [0.717, 1.165) is 0 Å². The van der Waals surface area contributed by atoms with Crippen LogP contribution in [-0.4, -0.2) is 80.2 Å². The van der Waals surface area contributed by atoms with E-state index < -0.39 is 69.7 Å². The number of carbonyl (C=O) groups is 4. The number of likely N-dealkylation sites (N-methyl/N-ethyl adjacent to an activating group) is 1. The Morgan fingerprint density at radius 1 is 1.05 bits per heavy atom. The number of aliphatic hydroxyl groups is 3. The van der Waals surface area contributed by atoms with E-state index in [-0.39, 0.29) is 29.7 Å². The van der Waals surface area contributed by atoms with Gasteiger partial charge in [0.15, 0.2) is 11.4 Å². The Morgan fingerprint density at radius 2 is 1.68 bits per heavy atom. The summed E-state index contributed by atoms with van der Waals surface area (Å²) in [6.07, 6.45) is -0.481. The van der Waals surface area contributed by atoms with Gasteiger partial charge >= 0.3 is 6.09 Å². The molecule has 12 nitrogen and oxygen atoms in total. The number of phenols is 1. The summed E-state index contributed by atoms with van der Waals surface area (Å²) in [6.45, 7) is 5.26. The molecule has 0 heterocycles. The normalized spacial score (nSPS) is 24.9. The van der Waals surface area contributed by atoms with Gasteiger partial charge in [0.05, 0.1) is 11.6 Å². The molecule has 2 aromatic rings. The molecule has 0 aliphatic heterocycles. The van der Waals surface area contributed by atoms with Crippen molar-refractivity contribution >= 4 is 29.3 Å². The summed E-state index contributed by atoms with van der Waals surface area (Å²) in [7, 11) is 3.15. The molecule has 0 saturated heterocycles. The number of primary amides is 1. The van der Waals surface area contributed by atoms with Crippen molar-refractivity contribution in [3.05, 3.63) is 70.2 Å². The number of phenolic OH excluding ortho intramolecular Hbond substituents is 1. The van der Waals surface area contributed by atoms with Crippen LogP contribution in [0.15, 0.2) is 59.1 Å². The molecule has 0 radical (unpaired) electrons. The number of benzene rings is 2. The number of aliphatic hydroxyl groups excluding tert-OH is 2. The monoisotopic (exact) mass is 605 g/mol. The van der Waals surface area contributed by atoms with Gasteiger partial charge in [0.2, 0.25) is 5.78 Å². The number of rotatable bonds is 4. The Morgan fingerprint density at radius 3 is 2.25 bits per heavy atom. The molecule has 12 heteroatoms. The van der Waals surface area contributed by atoms with Crippen LogP contribution >= 0.6 is 0 Å². The average Bonchev–Trinajstić information content (AvgIpc) is 2.90. The van der Waals surface area contributed by atoms with E-state index in [2.05, 4.69) is 5.32 Å². The van der Waals surface area contributed by atoms with Crippen molar-refractivity contribution in [2.75, 3.05) is 19.4 Å². The highest BCUT2D eigenvalue weighted by atomic mass is 16.6. The van der Waals surface area contributed by atoms with Crippen molar-refractivity contribution in [1.29, 1.82) is 0 Å². The molecule has 0 saturated carbocycles. The first-order valence-corrected chi connectivity index (χ1v) is 14.1. The van der Waals surface area contributed by atoms with Crippen molar-refractivity contribution in [2.45, 2.75) is 50.9 Å². The van der Waals surface area contributed by atoms with Crippen molar-refractivity contribution < 1.29 is 44.3 Å². The number of nitrogens with one attached hydrogen (secondary N) is 1. The van der Waals surface area contributed by atoms with E-state index in [4.69, 9.17) is 10.5 Å². The molecule has 2 amide bonds. The summed E-state index contributed by atoms with van der Waals surface area (Å²) < 4.78 is 5.29. The molecule has 44 heavy (non-hydrogen) atoms. The number of nitrogens with two attached hydrogens (primary N) is 1. The molecule has 2 aromatic carbocycles. The zero-order valence-corrected chi connectivity index (χ0v) is 25.0. The Balaban J connectivity index is 1.57. The molecule has 3 aliphatic carbocycles. The van der Waals surface area contributed by atoms with Gasteiger partial charge < -0.3 is 30.9 Å². The molecule has 0 bridgehead atoms.